The highest BCUT2D eigenvalue weighted by Gasteiger charge is 2.12. The maximum atomic E-state index is 11.5. The highest BCUT2D eigenvalue weighted by Crippen LogP contribution is 2.13. The minimum atomic E-state index is -0.386. The summed E-state index contributed by atoms with van der Waals surface area (Å²) in [6, 6.07) is 10.9. The summed E-state index contributed by atoms with van der Waals surface area (Å²) in [6.45, 7) is 5.25. The average Bonchev–Trinajstić information content (AvgIpc) is 3.42. The normalized spacial score (nSPS) is 9.90. The lowest BCUT2D eigenvalue weighted by atomic mass is 10.2. The Hall–Kier alpha value is -3.62. The van der Waals surface area contributed by atoms with Crippen molar-refractivity contribution in [2.45, 2.75) is 20.4 Å². The molecule has 0 spiro atoms. The number of ether oxygens (including phenoxy) is 3. The first-order chi connectivity index (χ1) is 14.1. The molecule has 0 saturated carbocycles. The molecule has 0 unspecified atom stereocenters. The molecule has 2 aromatic heterocycles. The fourth-order valence-electron chi connectivity index (χ4n) is 2.35. The number of esters is 2. The van der Waals surface area contributed by atoms with E-state index in [0.717, 1.165) is 11.3 Å². The lowest BCUT2D eigenvalue weighted by Crippen LogP contribution is -2.12. The fraction of sp³-hybridized carbons (Fsp3) is 0.300. The predicted octanol–water partition coefficient (Wildman–Crippen LogP) is 2.70. The number of hydrogen-bond acceptors (Lipinski definition) is 7. The van der Waals surface area contributed by atoms with Gasteiger partial charge in [-0.25, -0.2) is 9.59 Å². The number of nitrogens with one attached hydrogen (secondary N) is 1. The van der Waals surface area contributed by atoms with Crippen molar-refractivity contribution in [3.05, 3.63) is 65.7 Å². The van der Waals surface area contributed by atoms with Crippen LogP contribution < -0.4 is 4.74 Å². The van der Waals surface area contributed by atoms with Crippen molar-refractivity contribution in [2.75, 3.05) is 20.3 Å². The Labute approximate surface area is 168 Å². The van der Waals surface area contributed by atoms with E-state index < -0.39 is 0 Å². The van der Waals surface area contributed by atoms with Crippen molar-refractivity contribution >= 4 is 11.9 Å². The van der Waals surface area contributed by atoms with Gasteiger partial charge in [-0.15, -0.1) is 0 Å². The van der Waals surface area contributed by atoms with E-state index in [1.807, 2.05) is 31.2 Å². The van der Waals surface area contributed by atoms with Crippen LogP contribution in [0.1, 0.15) is 40.4 Å². The highest BCUT2D eigenvalue weighted by molar-refractivity contribution is 5.87. The van der Waals surface area contributed by atoms with Crippen molar-refractivity contribution < 1.29 is 23.8 Å². The molecule has 2 heterocycles. The third-order valence-electron chi connectivity index (χ3n) is 3.67. The van der Waals surface area contributed by atoms with Crippen molar-refractivity contribution in [3.8, 4) is 5.75 Å². The number of carbonyl (C=O) groups is 2. The van der Waals surface area contributed by atoms with Gasteiger partial charge in [0.05, 0.1) is 26.9 Å². The van der Waals surface area contributed by atoms with Gasteiger partial charge in [-0.1, -0.05) is 12.1 Å². The molecule has 1 N–H and O–H groups in total. The van der Waals surface area contributed by atoms with E-state index in [4.69, 9.17) is 9.47 Å². The Bertz CT molecular complexity index is 888. The van der Waals surface area contributed by atoms with E-state index >= 15 is 0 Å². The number of H-pyrrole nitrogens is 1. The molecule has 0 saturated heterocycles. The molecule has 29 heavy (non-hydrogen) atoms. The van der Waals surface area contributed by atoms with Crippen LogP contribution >= 0.6 is 0 Å². The van der Waals surface area contributed by atoms with E-state index in [0.29, 0.717) is 31.1 Å². The second-order valence-electron chi connectivity index (χ2n) is 5.63. The van der Waals surface area contributed by atoms with Crippen molar-refractivity contribution in [2.24, 2.45) is 0 Å². The molecular weight excluding hydrogens is 376 g/mol. The molecule has 9 heteroatoms. The number of aromatic amines is 1. The number of methoxy groups -OCH3 is 1. The van der Waals surface area contributed by atoms with Gasteiger partial charge in [0, 0.05) is 12.4 Å². The minimum absolute atomic E-state index is 0.361. The number of aromatic nitrogens is 4. The summed E-state index contributed by atoms with van der Waals surface area (Å²) in [5, 5.41) is 10.2. The molecule has 0 bridgehead atoms. The van der Waals surface area contributed by atoms with Gasteiger partial charge in [0.1, 0.15) is 17.1 Å². The van der Waals surface area contributed by atoms with Crippen LogP contribution in [-0.2, 0) is 16.0 Å². The summed E-state index contributed by atoms with van der Waals surface area (Å²) in [4.78, 5) is 22.3. The monoisotopic (exact) mass is 400 g/mol. The minimum Gasteiger partial charge on any atom is -0.494 e. The summed E-state index contributed by atoms with van der Waals surface area (Å²) in [5.41, 5.74) is 1.87. The summed E-state index contributed by atoms with van der Waals surface area (Å²) in [7, 11) is 1.36. The van der Waals surface area contributed by atoms with E-state index in [1.165, 1.54) is 13.3 Å². The third-order valence-corrected chi connectivity index (χ3v) is 3.67. The lowest BCUT2D eigenvalue weighted by molar-refractivity contribution is 0.0518. The Morgan fingerprint density at radius 1 is 1.00 bits per heavy atom. The van der Waals surface area contributed by atoms with Crippen molar-refractivity contribution in [1.82, 2.24) is 20.0 Å². The van der Waals surface area contributed by atoms with Crippen LogP contribution in [0.3, 0.4) is 0 Å². The molecule has 154 valence electrons. The smallest absolute Gasteiger partial charge is 0.356 e. The third kappa shape index (κ3) is 6.49. The van der Waals surface area contributed by atoms with Gasteiger partial charge in [0.15, 0.2) is 0 Å². The second-order valence-corrected chi connectivity index (χ2v) is 5.63. The molecule has 0 fully saturated rings. The molecule has 3 aromatic rings. The zero-order valence-corrected chi connectivity index (χ0v) is 16.6. The topological polar surface area (TPSA) is 108 Å². The first-order valence-corrected chi connectivity index (χ1v) is 9.07. The molecule has 9 nitrogen and oxygen atoms in total. The molecule has 1 aromatic carbocycles. The lowest BCUT2D eigenvalue weighted by Gasteiger charge is -2.07. The summed E-state index contributed by atoms with van der Waals surface area (Å²) < 4.78 is 16.4. The molecule has 0 aliphatic heterocycles. The van der Waals surface area contributed by atoms with Crippen LogP contribution in [0.25, 0.3) is 0 Å². The Morgan fingerprint density at radius 2 is 1.76 bits per heavy atom. The van der Waals surface area contributed by atoms with Crippen LogP contribution in [-0.4, -0.2) is 52.2 Å². The van der Waals surface area contributed by atoms with E-state index in [9.17, 15) is 9.59 Å². The maximum Gasteiger partial charge on any atom is 0.356 e. The van der Waals surface area contributed by atoms with Gasteiger partial charge in [0.2, 0.25) is 0 Å². The summed E-state index contributed by atoms with van der Waals surface area (Å²) in [5.74, 6) is 0.0864. The number of rotatable bonds is 7. The largest absolute Gasteiger partial charge is 0.494 e. The molecule has 3 rings (SSSR count). The van der Waals surface area contributed by atoms with Gasteiger partial charge in [-0.3, -0.25) is 9.78 Å². The number of hydrogen-bond donors (Lipinski definition) is 1. The Morgan fingerprint density at radius 3 is 2.34 bits per heavy atom. The van der Waals surface area contributed by atoms with Crippen LogP contribution in [0.5, 0.6) is 5.75 Å². The number of carbonyl (C=O) groups excluding carboxylic acids is 2. The molecule has 0 aliphatic carbocycles. The van der Waals surface area contributed by atoms with E-state index in [2.05, 4.69) is 20.0 Å². The van der Waals surface area contributed by atoms with Crippen LogP contribution in [0.15, 0.2) is 48.8 Å². The first kappa shape index (κ1) is 21.7. The first-order valence-electron chi connectivity index (χ1n) is 9.07. The Kier molecular flexibility index (Phi) is 8.43. The maximum absolute atomic E-state index is 11.5. The molecule has 0 aliphatic rings. The van der Waals surface area contributed by atoms with Gasteiger partial charge < -0.3 is 14.2 Å². The Balaban J connectivity index is 0.000000253. The average molecular weight is 400 g/mol. The molecule has 0 atom stereocenters. The van der Waals surface area contributed by atoms with Crippen LogP contribution in [0, 0.1) is 0 Å². The van der Waals surface area contributed by atoms with Gasteiger partial charge in [0.25, 0.3) is 0 Å². The van der Waals surface area contributed by atoms with Crippen molar-refractivity contribution in [1.29, 1.82) is 0 Å². The summed E-state index contributed by atoms with van der Waals surface area (Å²) in [6.07, 6.45) is 3.09. The van der Waals surface area contributed by atoms with Gasteiger partial charge in [-0.05, 0) is 43.7 Å². The standard InChI is InChI=1S/C14H16N2O3.C6H8N2O2/c1-3-19-12-6-4-11(5-7-12)10-16-13(8-9-15-16)14(17)18-2;1-2-10-6(9)5-3-4-7-8-5/h4-9H,3,10H2,1-2H3;3-4H,2H2,1H3,(H,7,8). The molecule has 0 radical (unpaired) electrons. The van der Waals surface area contributed by atoms with E-state index in [-0.39, 0.29) is 11.9 Å². The fourth-order valence-corrected chi connectivity index (χ4v) is 2.35. The molecule has 0 amide bonds. The zero-order chi connectivity index (χ0) is 21.1. The van der Waals surface area contributed by atoms with Crippen LogP contribution in [0.4, 0.5) is 0 Å². The zero-order valence-electron chi connectivity index (χ0n) is 16.6. The van der Waals surface area contributed by atoms with Crippen molar-refractivity contribution in [3.63, 3.8) is 0 Å². The SMILES string of the molecule is CCOC(=O)c1ccn[nH]1.CCOc1ccc(Cn2nccc2C(=O)OC)cc1. The predicted molar refractivity (Wildman–Crippen MR) is 105 cm³/mol. The molecular formula is C20H24N4O5. The van der Waals surface area contributed by atoms with Gasteiger partial charge in [-0.2, -0.15) is 10.2 Å². The quantitative estimate of drug-likeness (QED) is 0.607. The van der Waals surface area contributed by atoms with Gasteiger partial charge >= 0.3 is 11.9 Å². The second kappa shape index (κ2) is 11.3. The summed E-state index contributed by atoms with van der Waals surface area (Å²) >= 11 is 0. The number of nitrogens with zero attached hydrogens (tertiary/aromatic N) is 3. The van der Waals surface area contributed by atoms with E-state index in [1.54, 1.807) is 29.9 Å². The number of benzene rings is 1. The van der Waals surface area contributed by atoms with Crippen LogP contribution in [0.2, 0.25) is 0 Å². The highest BCUT2D eigenvalue weighted by atomic mass is 16.5.